The first-order valence-corrected chi connectivity index (χ1v) is 18.2. The number of esters is 1. The Morgan fingerprint density at radius 2 is 1.67 bits per heavy atom. The number of nitrogens with one attached hydrogen (secondary N) is 3. The molecule has 7 N–H and O–H groups in total. The monoisotopic (exact) mass is 809 g/mol. The van der Waals surface area contributed by atoms with E-state index in [0.717, 1.165) is 22.5 Å². The van der Waals surface area contributed by atoms with Crippen molar-refractivity contribution in [3.05, 3.63) is 99.6 Å². The molecule has 51 heavy (non-hydrogen) atoms. The van der Waals surface area contributed by atoms with Gasteiger partial charge in [0.05, 0.1) is 5.69 Å². The largest absolute Gasteiger partial charge is 0.448 e. The second-order valence-electron chi connectivity index (χ2n) is 10.4. The number of hydrogen-bond acceptors (Lipinski definition) is 15. The fourth-order valence-electron chi connectivity index (χ4n) is 5.11. The first kappa shape index (κ1) is 39.5. The van der Waals surface area contributed by atoms with Gasteiger partial charge in [0.25, 0.3) is 5.91 Å². The molecule has 0 aliphatic carbocycles. The van der Waals surface area contributed by atoms with Crippen molar-refractivity contribution in [3.63, 3.8) is 0 Å². The third-order valence-corrected chi connectivity index (χ3v) is 11.4. The van der Waals surface area contributed by atoms with Crippen LogP contribution in [0.25, 0.3) is 0 Å². The average molecular weight is 811 g/mol. The van der Waals surface area contributed by atoms with Crippen molar-refractivity contribution in [1.82, 2.24) is 36.1 Å². The van der Waals surface area contributed by atoms with E-state index in [0.29, 0.717) is 21.4 Å². The van der Waals surface area contributed by atoms with Crippen LogP contribution in [0, 0.1) is 0 Å². The Morgan fingerprint density at radius 3 is 2.24 bits per heavy atom. The van der Waals surface area contributed by atoms with Crippen LogP contribution < -0.4 is 27.6 Å². The van der Waals surface area contributed by atoms with Gasteiger partial charge in [-0.1, -0.05) is 83.8 Å². The maximum Gasteiger partial charge on any atom is 0.356 e. The van der Waals surface area contributed by atoms with Crippen molar-refractivity contribution in [2.24, 2.45) is 5.84 Å². The number of β-lactam (4-membered cyclic amide) rings is 1. The van der Waals surface area contributed by atoms with E-state index in [1.807, 2.05) is 60.7 Å². The molecule has 268 valence electrons. The zero-order valence-corrected chi connectivity index (χ0v) is 30.9. The topological polar surface area (TPSA) is 225 Å². The quantitative estimate of drug-likeness (QED) is 0.0280. The van der Waals surface area contributed by atoms with E-state index in [4.69, 9.17) is 16.3 Å². The second-order valence-corrected chi connectivity index (χ2v) is 14.5. The summed E-state index contributed by atoms with van der Waals surface area (Å²) in [6.45, 7) is 0. The summed E-state index contributed by atoms with van der Waals surface area (Å²) >= 11 is 5.11. The number of nitrogens with zero attached hydrogens (tertiary/aromatic N) is 4. The number of hydrogen-bond donors (Lipinski definition) is 5. The molecule has 3 unspecified atom stereocenters. The predicted octanol–water partition coefficient (Wildman–Crippen LogP) is 2.35. The molecule has 1 saturated heterocycles. The van der Waals surface area contributed by atoms with Crippen LogP contribution in [-0.4, -0.2) is 72.6 Å². The van der Waals surface area contributed by atoms with Crippen LogP contribution in [0.4, 0.5) is 5.13 Å². The van der Waals surface area contributed by atoms with Crippen molar-refractivity contribution in [1.29, 1.82) is 0 Å². The van der Waals surface area contributed by atoms with E-state index in [1.165, 1.54) is 45.1 Å². The van der Waals surface area contributed by atoms with Crippen LogP contribution >= 0.6 is 71.0 Å². The summed E-state index contributed by atoms with van der Waals surface area (Å²) in [6, 6.07) is 16.0. The number of aromatic nitrogens is 3. The van der Waals surface area contributed by atoms with Gasteiger partial charge in [-0.15, -0.1) is 58.1 Å². The number of nitrogens with two attached hydrogens (primary N) is 2. The lowest BCUT2D eigenvalue weighted by molar-refractivity contribution is -0.155. The van der Waals surface area contributed by atoms with E-state index in [2.05, 4.69) is 25.8 Å². The number of nitrogen functional groups attached to an aromatic ring is 1. The van der Waals surface area contributed by atoms with E-state index in [9.17, 15) is 24.0 Å². The van der Waals surface area contributed by atoms with Crippen molar-refractivity contribution < 1.29 is 28.7 Å². The van der Waals surface area contributed by atoms with E-state index in [1.54, 1.807) is 10.9 Å². The summed E-state index contributed by atoms with van der Waals surface area (Å²) in [7, 11) is 0. The van der Waals surface area contributed by atoms with Crippen LogP contribution in [0.15, 0.2) is 87.2 Å². The van der Waals surface area contributed by atoms with Gasteiger partial charge >= 0.3 is 17.8 Å². The van der Waals surface area contributed by atoms with Crippen molar-refractivity contribution >= 4 is 106 Å². The molecule has 0 radical (unpaired) electrons. The molecule has 3 atom stereocenters. The van der Waals surface area contributed by atoms with Gasteiger partial charge < -0.3 is 21.1 Å². The molecular formula is C30H29Cl2N9O6S4. The zero-order chi connectivity index (χ0) is 34.5. The third kappa shape index (κ3) is 8.80. The van der Waals surface area contributed by atoms with Crippen LogP contribution in [0.2, 0.25) is 0 Å². The molecule has 0 bridgehead atoms. The minimum atomic E-state index is -1.47. The molecule has 6 rings (SSSR count). The predicted molar refractivity (Wildman–Crippen MR) is 198 cm³/mol. The van der Waals surface area contributed by atoms with Crippen molar-refractivity contribution in [2.75, 3.05) is 17.2 Å². The number of thioether (sulfide) groups is 2. The van der Waals surface area contributed by atoms with Gasteiger partial charge in [0.15, 0.2) is 21.6 Å². The Kier molecular flexibility index (Phi) is 13.8. The number of halogens is 2. The molecule has 4 aromatic rings. The Hall–Kier alpha value is -4.24. The number of benzene rings is 2. The summed E-state index contributed by atoms with van der Waals surface area (Å²) in [6.07, 6.45) is -0.764. The number of hydrazine groups is 1. The number of carbonyl (C=O) groups is 5. The average Bonchev–Trinajstić information content (AvgIpc) is 3.82. The molecule has 21 heteroatoms. The fraction of sp³-hybridized carbons (Fsp3) is 0.200. The molecule has 2 aliphatic rings. The smallest absolute Gasteiger partial charge is 0.356 e. The maximum absolute atomic E-state index is 14.2. The van der Waals surface area contributed by atoms with E-state index >= 15 is 0 Å². The molecule has 15 nitrogen and oxygen atoms in total. The lowest BCUT2D eigenvalue weighted by Crippen LogP contribution is -2.71. The Balaban J connectivity index is 0.00000292. The lowest BCUT2D eigenvalue weighted by atomic mass is 10.0. The number of ether oxygens (including phenoxy) is 1. The lowest BCUT2D eigenvalue weighted by Gasteiger charge is -2.50. The van der Waals surface area contributed by atoms with E-state index in [-0.39, 0.29) is 41.3 Å². The molecule has 0 spiro atoms. The first-order valence-electron chi connectivity index (χ1n) is 14.4. The fourth-order valence-corrected chi connectivity index (χ4v) is 8.67. The number of carbonyl (C=O) groups excluding carboxylic acids is 5. The Labute approximate surface area is 319 Å². The maximum atomic E-state index is 14.2. The highest BCUT2D eigenvalue weighted by atomic mass is 35.5. The highest BCUT2D eigenvalue weighted by molar-refractivity contribution is 8.01. The molecule has 2 aromatic heterocycles. The number of anilines is 1. The molecular weight excluding hydrogens is 782 g/mol. The minimum absolute atomic E-state index is 0. The first-order chi connectivity index (χ1) is 23.7. The van der Waals surface area contributed by atoms with Gasteiger partial charge in [-0.2, -0.15) is 0 Å². The van der Waals surface area contributed by atoms with Gasteiger partial charge in [-0.05, 0) is 16.7 Å². The summed E-state index contributed by atoms with van der Waals surface area (Å²) < 4.78 is 6.88. The number of fused-ring (bicyclic) bond motifs is 1. The third-order valence-electron chi connectivity index (χ3n) is 7.39. The highest BCUT2D eigenvalue weighted by Gasteiger charge is 2.55. The summed E-state index contributed by atoms with van der Waals surface area (Å²) in [5.41, 5.74) is 11.3. The highest BCUT2D eigenvalue weighted by Crippen LogP contribution is 2.43. The van der Waals surface area contributed by atoms with Crippen LogP contribution in [0.3, 0.4) is 0 Å². The summed E-state index contributed by atoms with van der Waals surface area (Å²) in [4.78, 5) is 71.1. The number of amides is 4. The Bertz CT molecular complexity index is 1860. The SMILES string of the molecule is Cl.Cl.NNC(=O)C(=O)NC(C(=O)NC1C(=O)N2C(C(=O)OC(c3ccccc3)c3ccccc3)=C(CSc3nncs3)CSC12)c1csc(N)n1. The molecule has 2 aromatic carbocycles. The molecule has 4 heterocycles. The molecule has 2 aliphatic heterocycles. The number of rotatable bonds is 11. The molecule has 1 fully saturated rings. The van der Waals surface area contributed by atoms with Gasteiger partial charge in [0, 0.05) is 16.9 Å². The van der Waals surface area contributed by atoms with Crippen LogP contribution in [-0.2, 0) is 28.7 Å². The van der Waals surface area contributed by atoms with Crippen LogP contribution in [0.1, 0.15) is 29.0 Å². The van der Waals surface area contributed by atoms with E-state index < -0.39 is 53.2 Å². The zero-order valence-electron chi connectivity index (χ0n) is 26.0. The normalized spacial score (nSPS) is 16.8. The minimum Gasteiger partial charge on any atom is -0.448 e. The van der Waals surface area contributed by atoms with Gasteiger partial charge in [-0.25, -0.2) is 15.6 Å². The van der Waals surface area contributed by atoms with Crippen LogP contribution in [0.5, 0.6) is 0 Å². The van der Waals surface area contributed by atoms with Gasteiger partial charge in [0.2, 0.25) is 5.91 Å². The summed E-state index contributed by atoms with van der Waals surface area (Å²) in [5, 5.41) is 13.8. The Morgan fingerprint density at radius 1 is 1.00 bits per heavy atom. The van der Waals surface area contributed by atoms with Crippen molar-refractivity contribution in [2.45, 2.75) is 27.9 Å². The molecule has 0 saturated carbocycles. The molecule has 4 amide bonds. The number of thiazole rings is 1. The summed E-state index contributed by atoms with van der Waals surface area (Å²) in [5.74, 6) is 1.28. The second kappa shape index (κ2) is 17.8. The van der Waals surface area contributed by atoms with Gasteiger partial charge in [-0.3, -0.25) is 29.5 Å². The van der Waals surface area contributed by atoms with Gasteiger partial charge in [0.1, 0.15) is 22.6 Å². The standard InChI is InChI=1S/C30H27N9O6S4.2ClH/c31-29-34-18(13-47-29)19(35-24(41)25(42)37-32)23(40)36-20-26(43)39-21(17(11-46-27(20)39)12-48-30-38-33-14-49-30)28(44)45-22(15-7-3-1-4-8-15)16-9-5-2-6-10-16;;/h1-10,13-14,19-20,22,27H,11-12,32H2,(H2,31,34)(H,35,41)(H,36,40)(H,37,42);2*1H. The van der Waals surface area contributed by atoms with Crippen molar-refractivity contribution in [3.8, 4) is 0 Å².